The van der Waals surface area contributed by atoms with E-state index in [0.717, 1.165) is 15.6 Å². The van der Waals surface area contributed by atoms with Crippen LogP contribution in [0, 0.1) is 6.92 Å². The SMILES string of the molecule is Cc1cc(Br)cn(C/C=C/c2ccccc2)c1=O. The summed E-state index contributed by atoms with van der Waals surface area (Å²) in [6.07, 6.45) is 5.82. The van der Waals surface area contributed by atoms with Gasteiger partial charge < -0.3 is 4.57 Å². The summed E-state index contributed by atoms with van der Waals surface area (Å²) in [6, 6.07) is 11.9. The summed E-state index contributed by atoms with van der Waals surface area (Å²) in [4.78, 5) is 11.9. The van der Waals surface area contributed by atoms with Crippen molar-refractivity contribution in [2.75, 3.05) is 0 Å². The molecule has 1 heterocycles. The van der Waals surface area contributed by atoms with Crippen LogP contribution in [-0.4, -0.2) is 4.57 Å². The molecule has 0 atom stereocenters. The second-order valence-electron chi connectivity index (χ2n) is 4.11. The summed E-state index contributed by atoms with van der Waals surface area (Å²) in [5, 5.41) is 0. The van der Waals surface area contributed by atoms with Gasteiger partial charge in [-0.25, -0.2) is 0 Å². The summed E-state index contributed by atoms with van der Waals surface area (Å²) < 4.78 is 2.62. The number of allylic oxidation sites excluding steroid dienone is 1. The van der Waals surface area contributed by atoms with Gasteiger partial charge in [0, 0.05) is 22.8 Å². The highest BCUT2D eigenvalue weighted by Gasteiger charge is 1.99. The molecule has 1 aromatic heterocycles. The molecule has 0 saturated heterocycles. The first-order chi connectivity index (χ1) is 8.66. The molecule has 92 valence electrons. The second-order valence-corrected chi connectivity index (χ2v) is 5.03. The van der Waals surface area contributed by atoms with Crippen molar-refractivity contribution in [1.29, 1.82) is 0 Å². The number of hydrogen-bond acceptors (Lipinski definition) is 1. The highest BCUT2D eigenvalue weighted by molar-refractivity contribution is 9.10. The molecule has 0 fully saturated rings. The molecule has 0 unspecified atom stereocenters. The third-order valence-corrected chi connectivity index (χ3v) is 3.08. The lowest BCUT2D eigenvalue weighted by Crippen LogP contribution is -2.20. The fraction of sp³-hybridized carbons (Fsp3) is 0.133. The zero-order valence-electron chi connectivity index (χ0n) is 10.1. The van der Waals surface area contributed by atoms with Crippen molar-refractivity contribution in [3.8, 4) is 0 Å². The molecule has 0 spiro atoms. The molecule has 0 N–H and O–H groups in total. The molecule has 0 bridgehead atoms. The zero-order chi connectivity index (χ0) is 13.0. The van der Waals surface area contributed by atoms with Crippen molar-refractivity contribution < 1.29 is 0 Å². The third kappa shape index (κ3) is 3.20. The van der Waals surface area contributed by atoms with Gasteiger partial charge in [0.2, 0.25) is 0 Å². The van der Waals surface area contributed by atoms with Gasteiger partial charge in [0.15, 0.2) is 0 Å². The van der Waals surface area contributed by atoms with Crippen LogP contribution in [0.15, 0.2) is 57.9 Å². The number of nitrogens with zero attached hydrogens (tertiary/aromatic N) is 1. The number of aryl methyl sites for hydroxylation is 1. The van der Waals surface area contributed by atoms with Crippen LogP contribution in [0.2, 0.25) is 0 Å². The molecule has 18 heavy (non-hydrogen) atoms. The Labute approximate surface area is 115 Å². The topological polar surface area (TPSA) is 22.0 Å². The van der Waals surface area contributed by atoms with E-state index in [4.69, 9.17) is 0 Å². The van der Waals surface area contributed by atoms with Gasteiger partial charge in [0.1, 0.15) is 0 Å². The van der Waals surface area contributed by atoms with Crippen LogP contribution in [0.3, 0.4) is 0 Å². The highest BCUT2D eigenvalue weighted by atomic mass is 79.9. The number of pyridine rings is 1. The van der Waals surface area contributed by atoms with Crippen molar-refractivity contribution >= 4 is 22.0 Å². The lowest BCUT2D eigenvalue weighted by atomic mass is 10.2. The van der Waals surface area contributed by atoms with Crippen molar-refractivity contribution in [3.63, 3.8) is 0 Å². The first-order valence-corrected chi connectivity index (χ1v) is 6.54. The van der Waals surface area contributed by atoms with E-state index in [0.29, 0.717) is 6.54 Å². The monoisotopic (exact) mass is 303 g/mol. The van der Waals surface area contributed by atoms with E-state index in [-0.39, 0.29) is 5.56 Å². The van der Waals surface area contributed by atoms with E-state index in [9.17, 15) is 4.79 Å². The van der Waals surface area contributed by atoms with Crippen LogP contribution in [0.5, 0.6) is 0 Å². The Morgan fingerprint density at radius 1 is 1.28 bits per heavy atom. The molecule has 0 aliphatic heterocycles. The number of rotatable bonds is 3. The lowest BCUT2D eigenvalue weighted by Gasteiger charge is -2.04. The Morgan fingerprint density at radius 2 is 2.00 bits per heavy atom. The maximum Gasteiger partial charge on any atom is 0.253 e. The minimum absolute atomic E-state index is 0.0518. The van der Waals surface area contributed by atoms with Gasteiger partial charge in [-0.15, -0.1) is 0 Å². The van der Waals surface area contributed by atoms with Crippen LogP contribution in [0.1, 0.15) is 11.1 Å². The van der Waals surface area contributed by atoms with Crippen LogP contribution in [0.4, 0.5) is 0 Å². The normalized spacial score (nSPS) is 11.0. The molecule has 0 radical (unpaired) electrons. The van der Waals surface area contributed by atoms with Crippen LogP contribution >= 0.6 is 15.9 Å². The average Bonchev–Trinajstić information content (AvgIpc) is 2.36. The minimum atomic E-state index is 0.0518. The van der Waals surface area contributed by atoms with Gasteiger partial charge in [0.25, 0.3) is 5.56 Å². The molecule has 0 saturated carbocycles. The Bertz CT molecular complexity index is 614. The Hall–Kier alpha value is -1.61. The van der Waals surface area contributed by atoms with Gasteiger partial charge in [-0.2, -0.15) is 0 Å². The quantitative estimate of drug-likeness (QED) is 0.848. The van der Waals surface area contributed by atoms with Crippen LogP contribution < -0.4 is 5.56 Å². The molecule has 0 aliphatic carbocycles. The summed E-state index contributed by atoms with van der Waals surface area (Å²) in [7, 11) is 0. The predicted molar refractivity (Wildman–Crippen MR) is 78.6 cm³/mol. The average molecular weight is 304 g/mol. The summed E-state index contributed by atoms with van der Waals surface area (Å²) in [5.41, 5.74) is 1.94. The number of aromatic nitrogens is 1. The predicted octanol–water partition coefficient (Wildman–Crippen LogP) is 3.63. The molecular weight excluding hydrogens is 290 g/mol. The molecule has 3 heteroatoms. The molecule has 2 rings (SSSR count). The number of halogens is 1. The fourth-order valence-electron chi connectivity index (χ4n) is 1.74. The van der Waals surface area contributed by atoms with Gasteiger partial charge in [-0.05, 0) is 34.5 Å². The number of benzene rings is 1. The van der Waals surface area contributed by atoms with Gasteiger partial charge in [-0.1, -0.05) is 42.5 Å². The van der Waals surface area contributed by atoms with E-state index in [1.807, 2.05) is 61.7 Å². The number of hydrogen-bond donors (Lipinski definition) is 0. The Morgan fingerprint density at radius 3 is 2.72 bits per heavy atom. The van der Waals surface area contributed by atoms with Gasteiger partial charge >= 0.3 is 0 Å². The maximum absolute atomic E-state index is 11.9. The van der Waals surface area contributed by atoms with E-state index >= 15 is 0 Å². The van der Waals surface area contributed by atoms with Crippen molar-refractivity contribution in [2.45, 2.75) is 13.5 Å². The van der Waals surface area contributed by atoms with Crippen molar-refractivity contribution in [2.24, 2.45) is 0 Å². The molecule has 0 amide bonds. The molecule has 0 aliphatic rings. The zero-order valence-corrected chi connectivity index (χ0v) is 11.7. The lowest BCUT2D eigenvalue weighted by molar-refractivity contribution is 0.769. The van der Waals surface area contributed by atoms with Gasteiger partial charge in [0.05, 0.1) is 0 Å². The smallest absolute Gasteiger partial charge is 0.253 e. The van der Waals surface area contributed by atoms with Crippen LogP contribution in [0.25, 0.3) is 6.08 Å². The molecule has 1 aromatic carbocycles. The Kier molecular flexibility index (Phi) is 4.15. The molecule has 2 nitrogen and oxygen atoms in total. The van der Waals surface area contributed by atoms with Gasteiger partial charge in [-0.3, -0.25) is 4.79 Å². The van der Waals surface area contributed by atoms with Crippen molar-refractivity contribution in [3.05, 3.63) is 74.6 Å². The van der Waals surface area contributed by atoms with Crippen LogP contribution in [-0.2, 0) is 6.54 Å². The molecular formula is C15H14BrNO. The highest BCUT2D eigenvalue weighted by Crippen LogP contribution is 2.08. The Balaban J connectivity index is 2.16. The first-order valence-electron chi connectivity index (χ1n) is 5.75. The van der Waals surface area contributed by atoms with Crippen molar-refractivity contribution in [1.82, 2.24) is 4.57 Å². The standard InChI is InChI=1S/C15H14BrNO/c1-12-10-14(16)11-17(15(12)18)9-5-8-13-6-3-2-4-7-13/h2-8,10-11H,9H2,1H3/b8-5+. The van der Waals surface area contributed by atoms with E-state index in [2.05, 4.69) is 15.9 Å². The van der Waals surface area contributed by atoms with E-state index in [1.165, 1.54) is 0 Å². The largest absolute Gasteiger partial charge is 0.310 e. The molecule has 2 aromatic rings. The summed E-state index contributed by atoms with van der Waals surface area (Å²) >= 11 is 3.40. The summed E-state index contributed by atoms with van der Waals surface area (Å²) in [6.45, 7) is 2.40. The van der Waals surface area contributed by atoms with E-state index < -0.39 is 0 Å². The summed E-state index contributed by atoms with van der Waals surface area (Å²) in [5.74, 6) is 0. The third-order valence-electron chi connectivity index (χ3n) is 2.64. The van der Waals surface area contributed by atoms with E-state index in [1.54, 1.807) is 4.57 Å². The fourth-order valence-corrected chi connectivity index (χ4v) is 2.33. The minimum Gasteiger partial charge on any atom is -0.310 e. The first kappa shape index (κ1) is 12.8. The maximum atomic E-state index is 11.9. The second kappa shape index (κ2) is 5.83.